The molecule has 1 heterocycles. The molecule has 0 saturated carbocycles. The molecule has 6 heteroatoms. The van der Waals surface area contributed by atoms with Gasteiger partial charge in [0.1, 0.15) is 5.75 Å². The third-order valence-corrected chi connectivity index (χ3v) is 3.77. The highest BCUT2D eigenvalue weighted by Crippen LogP contribution is 2.42. The van der Waals surface area contributed by atoms with Crippen LogP contribution in [0.1, 0.15) is 32.4 Å². The van der Waals surface area contributed by atoms with Crippen molar-refractivity contribution in [2.75, 3.05) is 26.2 Å². The molecule has 1 aliphatic heterocycles. The maximum atomic E-state index is 12.7. The largest absolute Gasteiger partial charge is 0.434 e. The summed E-state index contributed by atoms with van der Waals surface area (Å²) in [6, 6.07) is 7.19. The molecule has 1 N–H and O–H groups in total. The lowest BCUT2D eigenvalue weighted by Crippen LogP contribution is -2.48. The van der Waals surface area contributed by atoms with E-state index >= 15 is 0 Å². The molecule has 0 amide bonds. The van der Waals surface area contributed by atoms with Crippen LogP contribution in [0.3, 0.4) is 0 Å². The molecule has 0 bridgehead atoms. The normalized spacial score (nSPS) is 17.9. The van der Waals surface area contributed by atoms with E-state index in [-0.39, 0.29) is 29.6 Å². The molecule has 0 spiro atoms. The number of nitrogens with one attached hydrogen (secondary N) is 1. The minimum atomic E-state index is -2.80. The highest BCUT2D eigenvalue weighted by molar-refractivity contribution is 5.85. The summed E-state index contributed by atoms with van der Waals surface area (Å²) in [6.07, 6.45) is 0. The Hall–Kier alpha value is -0.910. The van der Waals surface area contributed by atoms with Gasteiger partial charge in [0.05, 0.1) is 0 Å². The average molecular weight is 335 g/mol. The van der Waals surface area contributed by atoms with E-state index in [1.54, 1.807) is 12.1 Å². The first-order valence-electron chi connectivity index (χ1n) is 7.38. The van der Waals surface area contributed by atoms with Crippen LogP contribution in [0.25, 0.3) is 0 Å². The van der Waals surface area contributed by atoms with Crippen LogP contribution in [0.4, 0.5) is 8.78 Å². The van der Waals surface area contributed by atoms with Crippen molar-refractivity contribution < 1.29 is 13.5 Å². The molecule has 22 heavy (non-hydrogen) atoms. The van der Waals surface area contributed by atoms with Crippen molar-refractivity contribution >= 4 is 12.4 Å². The summed E-state index contributed by atoms with van der Waals surface area (Å²) in [5.41, 5.74) is 0.769. The Morgan fingerprint density at radius 3 is 2.27 bits per heavy atom. The first kappa shape index (κ1) is 19.1. The van der Waals surface area contributed by atoms with Gasteiger partial charge in [-0.2, -0.15) is 8.78 Å². The first-order valence-corrected chi connectivity index (χ1v) is 7.38. The smallest absolute Gasteiger partial charge is 0.387 e. The topological polar surface area (TPSA) is 24.5 Å². The van der Waals surface area contributed by atoms with Crippen molar-refractivity contribution in [3.63, 3.8) is 0 Å². The van der Waals surface area contributed by atoms with Gasteiger partial charge in [-0.3, -0.25) is 4.90 Å². The zero-order valence-electron chi connectivity index (χ0n) is 13.3. The van der Waals surface area contributed by atoms with E-state index in [0.29, 0.717) is 0 Å². The van der Waals surface area contributed by atoms with Crippen LogP contribution in [0.2, 0.25) is 0 Å². The number of rotatable bonds is 4. The summed E-state index contributed by atoms with van der Waals surface area (Å²) in [5, 5.41) is 3.33. The summed E-state index contributed by atoms with van der Waals surface area (Å²) in [7, 11) is 0. The molecule has 0 aromatic heterocycles. The minimum Gasteiger partial charge on any atom is -0.434 e. The van der Waals surface area contributed by atoms with Gasteiger partial charge < -0.3 is 10.1 Å². The van der Waals surface area contributed by atoms with E-state index in [1.165, 1.54) is 0 Å². The quantitative estimate of drug-likeness (QED) is 0.908. The maximum Gasteiger partial charge on any atom is 0.387 e. The summed E-state index contributed by atoms with van der Waals surface area (Å²) >= 11 is 0. The van der Waals surface area contributed by atoms with Gasteiger partial charge in [-0.15, -0.1) is 12.4 Å². The van der Waals surface area contributed by atoms with Gasteiger partial charge in [-0.1, -0.05) is 39.0 Å². The fourth-order valence-electron chi connectivity index (χ4n) is 3.06. The second kappa shape index (κ2) is 8.09. The lowest BCUT2D eigenvalue weighted by atomic mass is 9.80. The number of ether oxygens (including phenoxy) is 1. The van der Waals surface area contributed by atoms with Gasteiger partial charge in [0.25, 0.3) is 0 Å². The molecular weight excluding hydrogens is 310 g/mol. The SMILES string of the molecule is CC(C)(C)[C@@H](c1ccccc1OC(F)F)N1CCNCC1.Cl. The fourth-order valence-corrected chi connectivity index (χ4v) is 3.06. The lowest BCUT2D eigenvalue weighted by molar-refractivity contribution is -0.0522. The summed E-state index contributed by atoms with van der Waals surface area (Å²) in [6.45, 7) is 7.27. The van der Waals surface area contributed by atoms with Gasteiger partial charge in [0.15, 0.2) is 0 Å². The second-order valence-electron chi connectivity index (χ2n) is 6.47. The molecule has 1 saturated heterocycles. The van der Waals surface area contributed by atoms with Crippen LogP contribution >= 0.6 is 12.4 Å². The maximum absolute atomic E-state index is 12.7. The molecule has 1 aliphatic rings. The Morgan fingerprint density at radius 2 is 1.73 bits per heavy atom. The summed E-state index contributed by atoms with van der Waals surface area (Å²) < 4.78 is 30.1. The van der Waals surface area contributed by atoms with E-state index in [1.807, 2.05) is 12.1 Å². The molecule has 1 atom stereocenters. The number of hydrogen-bond donors (Lipinski definition) is 1. The zero-order valence-corrected chi connectivity index (χ0v) is 14.1. The van der Waals surface area contributed by atoms with Gasteiger partial charge in [0, 0.05) is 37.8 Å². The van der Waals surface area contributed by atoms with Crippen LogP contribution < -0.4 is 10.1 Å². The van der Waals surface area contributed by atoms with Gasteiger partial charge in [-0.05, 0) is 11.5 Å². The van der Waals surface area contributed by atoms with Crippen LogP contribution in [-0.2, 0) is 0 Å². The van der Waals surface area contributed by atoms with E-state index in [9.17, 15) is 8.78 Å². The second-order valence-corrected chi connectivity index (χ2v) is 6.47. The van der Waals surface area contributed by atoms with E-state index in [0.717, 1.165) is 31.7 Å². The van der Waals surface area contributed by atoms with Crippen molar-refractivity contribution in [2.45, 2.75) is 33.4 Å². The molecule has 0 unspecified atom stereocenters. The number of nitrogens with zero attached hydrogens (tertiary/aromatic N) is 1. The van der Waals surface area contributed by atoms with Crippen LogP contribution in [0.15, 0.2) is 24.3 Å². The van der Waals surface area contributed by atoms with Crippen molar-refractivity contribution in [3.05, 3.63) is 29.8 Å². The van der Waals surface area contributed by atoms with Gasteiger partial charge in [0.2, 0.25) is 0 Å². The molecule has 0 aliphatic carbocycles. The molecular formula is C16H25ClF2N2O. The van der Waals surface area contributed by atoms with Crippen molar-refractivity contribution in [1.82, 2.24) is 10.2 Å². The summed E-state index contributed by atoms with van der Waals surface area (Å²) in [5.74, 6) is 0.283. The third-order valence-electron chi connectivity index (χ3n) is 3.77. The average Bonchev–Trinajstić information content (AvgIpc) is 2.40. The Morgan fingerprint density at radius 1 is 1.14 bits per heavy atom. The number of benzene rings is 1. The monoisotopic (exact) mass is 334 g/mol. The molecule has 1 aromatic carbocycles. The number of hydrogen-bond acceptors (Lipinski definition) is 3. The number of para-hydroxylation sites is 1. The van der Waals surface area contributed by atoms with Crippen LogP contribution in [-0.4, -0.2) is 37.7 Å². The van der Waals surface area contributed by atoms with E-state index in [2.05, 4.69) is 31.0 Å². The third kappa shape index (κ3) is 4.80. The summed E-state index contributed by atoms with van der Waals surface area (Å²) in [4.78, 5) is 2.35. The number of halogens is 3. The highest BCUT2D eigenvalue weighted by Gasteiger charge is 2.34. The van der Waals surface area contributed by atoms with Crippen molar-refractivity contribution in [1.29, 1.82) is 0 Å². The minimum absolute atomic E-state index is 0. The molecule has 1 aromatic rings. The predicted octanol–water partition coefficient (Wildman–Crippen LogP) is 3.70. The Balaban J connectivity index is 0.00000242. The Bertz CT molecular complexity index is 460. The highest BCUT2D eigenvalue weighted by atomic mass is 35.5. The fraction of sp³-hybridized carbons (Fsp3) is 0.625. The Kier molecular flexibility index (Phi) is 7.03. The number of piperazine rings is 1. The Labute approximate surface area is 137 Å². The molecule has 0 radical (unpaired) electrons. The van der Waals surface area contributed by atoms with Crippen molar-refractivity contribution in [2.24, 2.45) is 5.41 Å². The van der Waals surface area contributed by atoms with Crippen LogP contribution in [0, 0.1) is 5.41 Å². The molecule has 3 nitrogen and oxygen atoms in total. The molecule has 1 fully saturated rings. The first-order chi connectivity index (χ1) is 9.89. The standard InChI is InChI=1S/C16H24F2N2O.ClH/c1-16(2,3)14(20-10-8-19-9-11-20)12-6-4-5-7-13(12)21-15(17)18;/h4-7,14-15,19H,8-11H2,1-3H3;1H/t14-;/m1./s1. The predicted molar refractivity (Wildman–Crippen MR) is 87.0 cm³/mol. The molecule has 126 valence electrons. The van der Waals surface area contributed by atoms with E-state index in [4.69, 9.17) is 4.74 Å². The van der Waals surface area contributed by atoms with Crippen molar-refractivity contribution in [3.8, 4) is 5.75 Å². The zero-order chi connectivity index (χ0) is 15.5. The lowest BCUT2D eigenvalue weighted by Gasteiger charge is -2.43. The van der Waals surface area contributed by atoms with Gasteiger partial charge in [-0.25, -0.2) is 0 Å². The van der Waals surface area contributed by atoms with Gasteiger partial charge >= 0.3 is 6.61 Å². The number of alkyl halides is 2. The molecule has 2 rings (SSSR count). The van der Waals surface area contributed by atoms with E-state index < -0.39 is 6.61 Å². The van der Waals surface area contributed by atoms with Crippen LogP contribution in [0.5, 0.6) is 5.75 Å².